The zero-order chi connectivity index (χ0) is 13.5. The van der Waals surface area contributed by atoms with Gasteiger partial charge in [0.05, 0.1) is 0 Å². The second kappa shape index (κ2) is 6.41. The van der Waals surface area contributed by atoms with Gasteiger partial charge in [-0.15, -0.1) is 0 Å². The zero-order valence-corrected chi connectivity index (χ0v) is 10.6. The van der Waals surface area contributed by atoms with Gasteiger partial charge in [0.25, 0.3) is 0 Å². The summed E-state index contributed by atoms with van der Waals surface area (Å²) in [6, 6.07) is 11.0. The summed E-state index contributed by atoms with van der Waals surface area (Å²) >= 11 is 5.03. The van der Waals surface area contributed by atoms with E-state index in [9.17, 15) is 4.79 Å². The maximum atomic E-state index is 11.6. The molecule has 0 radical (unpaired) electrons. The summed E-state index contributed by atoms with van der Waals surface area (Å²) in [4.78, 5) is 19.2. The summed E-state index contributed by atoms with van der Waals surface area (Å²) in [6.45, 7) is 0. The largest absolute Gasteiger partial charge is 0.331 e. The van der Waals surface area contributed by atoms with Crippen molar-refractivity contribution in [1.29, 1.82) is 0 Å². The summed E-state index contributed by atoms with van der Waals surface area (Å²) in [7, 11) is 0. The molecule has 19 heavy (non-hydrogen) atoms. The molecule has 6 nitrogen and oxygen atoms in total. The molecule has 0 saturated heterocycles. The first-order valence-corrected chi connectivity index (χ1v) is 5.86. The average Bonchev–Trinajstić information content (AvgIpc) is 2.47. The molecule has 0 aliphatic heterocycles. The first-order valence-electron chi connectivity index (χ1n) is 5.45. The Morgan fingerprint density at radius 1 is 1.00 bits per heavy atom. The van der Waals surface area contributed by atoms with Crippen LogP contribution in [0.3, 0.4) is 0 Å². The summed E-state index contributed by atoms with van der Waals surface area (Å²) in [6.07, 6.45) is 2.98. The topological polar surface area (TPSA) is 78.9 Å². The number of rotatable bonds is 2. The third kappa shape index (κ3) is 4.00. The van der Waals surface area contributed by atoms with Gasteiger partial charge in [-0.05, 0) is 30.4 Å². The van der Waals surface area contributed by atoms with Gasteiger partial charge in [0.2, 0.25) is 5.82 Å². The van der Waals surface area contributed by atoms with Crippen LogP contribution in [0.15, 0.2) is 48.8 Å². The lowest BCUT2D eigenvalue weighted by Crippen LogP contribution is -2.44. The van der Waals surface area contributed by atoms with E-state index in [1.165, 1.54) is 12.4 Å². The minimum Gasteiger partial charge on any atom is -0.331 e. The number of aromatic nitrogens is 2. The van der Waals surface area contributed by atoms with Crippen molar-refractivity contribution >= 4 is 28.9 Å². The van der Waals surface area contributed by atoms with Crippen molar-refractivity contribution in [1.82, 2.24) is 20.8 Å². The van der Waals surface area contributed by atoms with Gasteiger partial charge in [0.1, 0.15) is 0 Å². The fourth-order valence-electron chi connectivity index (χ4n) is 1.27. The highest BCUT2D eigenvalue weighted by atomic mass is 32.1. The van der Waals surface area contributed by atoms with E-state index in [1.54, 1.807) is 6.07 Å². The van der Waals surface area contributed by atoms with E-state index >= 15 is 0 Å². The maximum absolute atomic E-state index is 11.6. The number of carbonyl (C=O) groups is 1. The van der Waals surface area contributed by atoms with Crippen molar-refractivity contribution in [2.24, 2.45) is 0 Å². The first-order chi connectivity index (χ1) is 9.25. The van der Waals surface area contributed by atoms with Gasteiger partial charge in [-0.2, -0.15) is 0 Å². The number of benzene rings is 1. The van der Waals surface area contributed by atoms with Crippen molar-refractivity contribution in [3.05, 3.63) is 54.6 Å². The third-order valence-electron chi connectivity index (χ3n) is 2.09. The molecule has 7 heteroatoms. The van der Waals surface area contributed by atoms with Crippen LogP contribution in [0, 0.1) is 0 Å². The van der Waals surface area contributed by atoms with Gasteiger partial charge in [0, 0.05) is 18.1 Å². The second-order valence-corrected chi connectivity index (χ2v) is 3.88. The summed E-state index contributed by atoms with van der Waals surface area (Å²) in [5.41, 5.74) is 5.80. The molecule has 1 aromatic carbocycles. The molecular weight excluding hydrogens is 262 g/mol. The van der Waals surface area contributed by atoms with Crippen LogP contribution in [0.4, 0.5) is 5.69 Å². The second-order valence-electron chi connectivity index (χ2n) is 3.47. The quantitative estimate of drug-likeness (QED) is 0.562. The fourth-order valence-corrected chi connectivity index (χ4v) is 1.44. The molecule has 96 valence electrons. The molecule has 1 amide bonds. The smallest absolute Gasteiger partial charge is 0.307 e. The first kappa shape index (κ1) is 12.9. The Hall–Kier alpha value is -2.54. The molecule has 0 saturated carbocycles. The van der Waals surface area contributed by atoms with Gasteiger partial charge in [-0.1, -0.05) is 18.2 Å². The Bertz CT molecular complexity index is 561. The average molecular weight is 273 g/mol. The van der Waals surface area contributed by atoms with Crippen LogP contribution in [-0.4, -0.2) is 21.0 Å². The van der Waals surface area contributed by atoms with E-state index in [4.69, 9.17) is 12.2 Å². The van der Waals surface area contributed by atoms with Crippen LogP contribution in [0.1, 0.15) is 10.6 Å². The lowest BCUT2D eigenvalue weighted by Gasteiger charge is -2.10. The molecule has 0 atom stereocenters. The van der Waals surface area contributed by atoms with E-state index in [-0.39, 0.29) is 10.9 Å². The number of para-hydroxylation sites is 1. The van der Waals surface area contributed by atoms with Crippen LogP contribution in [0.25, 0.3) is 0 Å². The lowest BCUT2D eigenvalue weighted by atomic mass is 10.3. The minimum absolute atomic E-state index is 0.0671. The van der Waals surface area contributed by atoms with Crippen LogP contribution >= 0.6 is 12.2 Å². The van der Waals surface area contributed by atoms with Crippen molar-refractivity contribution in [2.45, 2.75) is 0 Å². The predicted octanol–water partition coefficient (Wildman–Crippen LogP) is 1.11. The molecule has 0 spiro atoms. The van der Waals surface area contributed by atoms with Gasteiger partial charge < -0.3 is 5.32 Å². The maximum Gasteiger partial charge on any atom is 0.307 e. The Balaban J connectivity index is 1.83. The van der Waals surface area contributed by atoms with Crippen LogP contribution in [-0.2, 0) is 0 Å². The molecule has 3 N–H and O–H groups in total. The molecule has 1 heterocycles. The molecule has 0 bridgehead atoms. The fraction of sp³-hybridized carbons (Fsp3) is 0. The number of nitrogens with zero attached hydrogens (tertiary/aromatic N) is 2. The van der Waals surface area contributed by atoms with Gasteiger partial charge >= 0.3 is 5.91 Å². The normalized spacial score (nSPS) is 9.47. The molecule has 2 rings (SSSR count). The molecule has 2 aromatic rings. The van der Waals surface area contributed by atoms with Crippen LogP contribution in [0.2, 0.25) is 0 Å². The van der Waals surface area contributed by atoms with E-state index < -0.39 is 5.91 Å². The number of hydrogen-bond acceptors (Lipinski definition) is 4. The molecule has 0 aliphatic rings. The highest BCUT2D eigenvalue weighted by Gasteiger charge is 2.07. The minimum atomic E-state index is -0.460. The van der Waals surface area contributed by atoms with Crippen molar-refractivity contribution in [3.8, 4) is 0 Å². The lowest BCUT2D eigenvalue weighted by molar-refractivity contribution is 0.0933. The van der Waals surface area contributed by atoms with Crippen molar-refractivity contribution in [2.75, 3.05) is 5.32 Å². The number of nitrogens with one attached hydrogen (secondary N) is 3. The standard InChI is InChI=1S/C12H11N5OS/c18-11(10-13-7-4-8-14-10)16-17-12(19)15-9-5-2-1-3-6-9/h1-8H,(H,16,18)(H2,15,17,19). The van der Waals surface area contributed by atoms with Crippen molar-refractivity contribution < 1.29 is 4.79 Å². The number of hydrazine groups is 1. The van der Waals surface area contributed by atoms with Gasteiger partial charge in [-0.3, -0.25) is 15.6 Å². The number of carbonyl (C=O) groups excluding carboxylic acids is 1. The van der Waals surface area contributed by atoms with E-state index in [0.717, 1.165) is 5.69 Å². The SMILES string of the molecule is O=C(NNC(=S)Nc1ccccc1)c1ncccn1. The Kier molecular flexibility index (Phi) is 4.35. The van der Waals surface area contributed by atoms with E-state index in [1.807, 2.05) is 30.3 Å². The summed E-state index contributed by atoms with van der Waals surface area (Å²) in [5, 5.41) is 3.19. The monoisotopic (exact) mass is 273 g/mol. The summed E-state index contributed by atoms with van der Waals surface area (Å²) < 4.78 is 0. The zero-order valence-electron chi connectivity index (χ0n) is 9.83. The molecule has 0 aliphatic carbocycles. The number of amides is 1. The van der Waals surface area contributed by atoms with Crippen molar-refractivity contribution in [3.63, 3.8) is 0 Å². The Morgan fingerprint density at radius 3 is 2.37 bits per heavy atom. The third-order valence-corrected chi connectivity index (χ3v) is 2.29. The van der Waals surface area contributed by atoms with Gasteiger partial charge in [-0.25, -0.2) is 9.97 Å². The highest BCUT2D eigenvalue weighted by molar-refractivity contribution is 7.80. The highest BCUT2D eigenvalue weighted by Crippen LogP contribution is 2.03. The van der Waals surface area contributed by atoms with Gasteiger partial charge in [0.15, 0.2) is 5.11 Å². The van der Waals surface area contributed by atoms with Crippen LogP contribution in [0.5, 0.6) is 0 Å². The molecule has 1 aromatic heterocycles. The Labute approximate surface area is 115 Å². The molecule has 0 unspecified atom stereocenters. The van der Waals surface area contributed by atoms with E-state index in [2.05, 4.69) is 26.1 Å². The molecular formula is C12H11N5OS. The predicted molar refractivity (Wildman–Crippen MR) is 75.3 cm³/mol. The van der Waals surface area contributed by atoms with Crippen LogP contribution < -0.4 is 16.2 Å². The Morgan fingerprint density at radius 2 is 1.68 bits per heavy atom. The number of hydrogen-bond donors (Lipinski definition) is 3. The van der Waals surface area contributed by atoms with E-state index in [0.29, 0.717) is 0 Å². The number of anilines is 1. The summed E-state index contributed by atoms with van der Waals surface area (Å²) in [5.74, 6) is -0.393. The number of thiocarbonyl (C=S) groups is 1. The molecule has 0 fully saturated rings.